The summed E-state index contributed by atoms with van der Waals surface area (Å²) in [6.45, 7) is 1.96. The van der Waals surface area contributed by atoms with Gasteiger partial charge in [0.1, 0.15) is 5.75 Å². The highest BCUT2D eigenvalue weighted by atomic mass is 32.1. The van der Waals surface area contributed by atoms with Gasteiger partial charge < -0.3 is 10.1 Å². The maximum atomic E-state index is 12.1. The van der Waals surface area contributed by atoms with Crippen molar-refractivity contribution in [3.8, 4) is 5.75 Å². The molecule has 2 rings (SSSR count). The van der Waals surface area contributed by atoms with Crippen LogP contribution in [0.2, 0.25) is 0 Å². The summed E-state index contributed by atoms with van der Waals surface area (Å²) in [5.74, 6) is 0.474. The molecule has 0 spiro atoms. The van der Waals surface area contributed by atoms with E-state index in [-0.39, 0.29) is 5.91 Å². The third kappa shape index (κ3) is 3.29. The second-order valence-corrected chi connectivity index (χ2v) is 4.72. The quantitative estimate of drug-likeness (QED) is 0.839. The molecule has 0 aliphatic rings. The van der Waals surface area contributed by atoms with E-state index in [0.717, 1.165) is 10.5 Å². The molecule has 0 saturated heterocycles. The second-order valence-electron chi connectivity index (χ2n) is 4.20. The number of hydrogen-bond acceptors (Lipinski definition) is 3. The van der Waals surface area contributed by atoms with Gasteiger partial charge in [0.05, 0.1) is 12.8 Å². The standard InChI is InChI=1S/C15H15NO2S/c1-10-3-8-14(18-2)13(9-10)16-15(17)11-4-6-12(19)7-5-11/h3-9,19H,1-2H3,(H,16,17). The van der Waals surface area contributed by atoms with Crippen LogP contribution in [0.1, 0.15) is 15.9 Å². The lowest BCUT2D eigenvalue weighted by Crippen LogP contribution is -2.12. The number of anilines is 1. The molecule has 0 fully saturated rings. The summed E-state index contributed by atoms with van der Waals surface area (Å²) in [5, 5.41) is 2.85. The summed E-state index contributed by atoms with van der Waals surface area (Å²) in [7, 11) is 1.58. The fourth-order valence-electron chi connectivity index (χ4n) is 1.73. The molecule has 2 aromatic rings. The maximum Gasteiger partial charge on any atom is 0.255 e. The van der Waals surface area contributed by atoms with Crippen molar-refractivity contribution in [1.29, 1.82) is 0 Å². The first kappa shape index (κ1) is 13.5. The number of aryl methyl sites for hydroxylation is 1. The summed E-state index contributed by atoms with van der Waals surface area (Å²) in [6.07, 6.45) is 0. The Hall–Kier alpha value is -1.94. The third-order valence-corrected chi connectivity index (χ3v) is 3.03. The SMILES string of the molecule is COc1ccc(C)cc1NC(=O)c1ccc(S)cc1. The van der Waals surface area contributed by atoms with E-state index in [2.05, 4.69) is 17.9 Å². The molecule has 1 amide bonds. The Kier molecular flexibility index (Phi) is 4.12. The lowest BCUT2D eigenvalue weighted by Gasteiger charge is -2.11. The predicted octanol–water partition coefficient (Wildman–Crippen LogP) is 3.54. The molecule has 3 nitrogen and oxygen atoms in total. The number of carbonyl (C=O) groups excluding carboxylic acids is 1. The maximum absolute atomic E-state index is 12.1. The van der Waals surface area contributed by atoms with E-state index in [4.69, 9.17) is 4.74 Å². The van der Waals surface area contributed by atoms with E-state index in [1.807, 2.05) is 25.1 Å². The number of rotatable bonds is 3. The van der Waals surface area contributed by atoms with Gasteiger partial charge in [-0.2, -0.15) is 0 Å². The zero-order valence-electron chi connectivity index (χ0n) is 10.8. The van der Waals surface area contributed by atoms with E-state index in [0.29, 0.717) is 17.0 Å². The topological polar surface area (TPSA) is 38.3 Å². The molecule has 0 aliphatic carbocycles. The number of amides is 1. The minimum Gasteiger partial charge on any atom is -0.495 e. The van der Waals surface area contributed by atoms with Crippen molar-refractivity contribution in [2.75, 3.05) is 12.4 Å². The van der Waals surface area contributed by atoms with Gasteiger partial charge in [-0.25, -0.2) is 0 Å². The van der Waals surface area contributed by atoms with Gasteiger partial charge in [-0.3, -0.25) is 4.79 Å². The lowest BCUT2D eigenvalue weighted by molar-refractivity contribution is 0.102. The van der Waals surface area contributed by atoms with Crippen molar-refractivity contribution in [1.82, 2.24) is 0 Å². The summed E-state index contributed by atoms with van der Waals surface area (Å²) in [5.41, 5.74) is 2.31. The number of hydrogen-bond donors (Lipinski definition) is 2. The molecule has 19 heavy (non-hydrogen) atoms. The van der Waals surface area contributed by atoms with Crippen LogP contribution < -0.4 is 10.1 Å². The molecule has 4 heteroatoms. The first-order valence-corrected chi connectivity index (χ1v) is 6.30. The van der Waals surface area contributed by atoms with Crippen LogP contribution in [-0.4, -0.2) is 13.0 Å². The molecule has 0 saturated carbocycles. The first-order chi connectivity index (χ1) is 9.10. The van der Waals surface area contributed by atoms with Crippen LogP contribution in [0.3, 0.4) is 0 Å². The van der Waals surface area contributed by atoms with Gasteiger partial charge in [0.15, 0.2) is 0 Å². The van der Waals surface area contributed by atoms with Crippen LogP contribution in [0, 0.1) is 6.92 Å². The average Bonchev–Trinajstić information content (AvgIpc) is 2.39. The summed E-state index contributed by atoms with van der Waals surface area (Å²) >= 11 is 4.19. The molecule has 0 radical (unpaired) electrons. The van der Waals surface area contributed by atoms with Crippen LogP contribution in [0.5, 0.6) is 5.75 Å². The van der Waals surface area contributed by atoms with Gasteiger partial charge in [0.2, 0.25) is 0 Å². The van der Waals surface area contributed by atoms with Crippen molar-refractivity contribution in [2.24, 2.45) is 0 Å². The number of ether oxygens (including phenoxy) is 1. The number of benzene rings is 2. The normalized spacial score (nSPS) is 10.1. The highest BCUT2D eigenvalue weighted by molar-refractivity contribution is 7.80. The van der Waals surface area contributed by atoms with E-state index in [9.17, 15) is 4.79 Å². The van der Waals surface area contributed by atoms with Crippen molar-refractivity contribution < 1.29 is 9.53 Å². The summed E-state index contributed by atoms with van der Waals surface area (Å²) in [6, 6.07) is 12.7. The predicted molar refractivity (Wildman–Crippen MR) is 79.4 cm³/mol. The minimum absolute atomic E-state index is 0.169. The number of carbonyl (C=O) groups is 1. The lowest BCUT2D eigenvalue weighted by atomic mass is 10.1. The van der Waals surface area contributed by atoms with Crippen molar-refractivity contribution in [3.05, 3.63) is 53.6 Å². The fraction of sp³-hybridized carbons (Fsp3) is 0.133. The van der Waals surface area contributed by atoms with Crippen LogP contribution >= 0.6 is 12.6 Å². The second kappa shape index (κ2) is 5.80. The zero-order chi connectivity index (χ0) is 13.8. The molecular weight excluding hydrogens is 258 g/mol. The molecule has 0 aromatic heterocycles. The van der Waals surface area contributed by atoms with E-state index < -0.39 is 0 Å². The van der Waals surface area contributed by atoms with Gasteiger partial charge in [0.25, 0.3) is 5.91 Å². The molecule has 1 N–H and O–H groups in total. The summed E-state index contributed by atoms with van der Waals surface area (Å²) < 4.78 is 5.23. The third-order valence-electron chi connectivity index (χ3n) is 2.73. The highest BCUT2D eigenvalue weighted by Gasteiger charge is 2.09. The van der Waals surface area contributed by atoms with E-state index >= 15 is 0 Å². The first-order valence-electron chi connectivity index (χ1n) is 5.85. The Morgan fingerprint density at radius 3 is 2.47 bits per heavy atom. The zero-order valence-corrected chi connectivity index (χ0v) is 11.7. The van der Waals surface area contributed by atoms with Crippen molar-refractivity contribution in [2.45, 2.75) is 11.8 Å². The van der Waals surface area contributed by atoms with Crippen LogP contribution in [0.15, 0.2) is 47.4 Å². The average molecular weight is 273 g/mol. The van der Waals surface area contributed by atoms with Gasteiger partial charge >= 0.3 is 0 Å². The highest BCUT2D eigenvalue weighted by Crippen LogP contribution is 2.25. The van der Waals surface area contributed by atoms with Crippen molar-refractivity contribution in [3.63, 3.8) is 0 Å². The van der Waals surface area contributed by atoms with E-state index in [1.54, 1.807) is 31.4 Å². The fourth-order valence-corrected chi connectivity index (χ4v) is 1.88. The monoisotopic (exact) mass is 273 g/mol. The number of methoxy groups -OCH3 is 1. The Morgan fingerprint density at radius 1 is 1.16 bits per heavy atom. The Bertz CT molecular complexity index is 594. The van der Waals surface area contributed by atoms with Crippen LogP contribution in [0.4, 0.5) is 5.69 Å². The smallest absolute Gasteiger partial charge is 0.255 e. The van der Waals surface area contributed by atoms with Gasteiger partial charge in [-0.05, 0) is 48.9 Å². The molecular formula is C15H15NO2S. The van der Waals surface area contributed by atoms with E-state index in [1.165, 1.54) is 0 Å². The van der Waals surface area contributed by atoms with Crippen molar-refractivity contribution >= 4 is 24.2 Å². The van der Waals surface area contributed by atoms with Crippen LogP contribution in [0.25, 0.3) is 0 Å². The van der Waals surface area contributed by atoms with Gasteiger partial charge in [0, 0.05) is 10.5 Å². The number of nitrogens with one attached hydrogen (secondary N) is 1. The Morgan fingerprint density at radius 2 is 1.84 bits per heavy atom. The Labute approximate surface area is 118 Å². The number of thiol groups is 1. The molecule has 0 atom stereocenters. The molecule has 0 unspecified atom stereocenters. The molecule has 98 valence electrons. The largest absolute Gasteiger partial charge is 0.495 e. The molecule has 0 heterocycles. The van der Waals surface area contributed by atoms with Gasteiger partial charge in [-0.15, -0.1) is 12.6 Å². The molecule has 0 aliphatic heterocycles. The Balaban J connectivity index is 2.23. The molecule has 0 bridgehead atoms. The summed E-state index contributed by atoms with van der Waals surface area (Å²) in [4.78, 5) is 12.9. The minimum atomic E-state index is -0.169. The molecule has 2 aromatic carbocycles. The van der Waals surface area contributed by atoms with Crippen LogP contribution in [-0.2, 0) is 0 Å². The van der Waals surface area contributed by atoms with Gasteiger partial charge in [-0.1, -0.05) is 6.07 Å².